The number of nitrogens with zero attached hydrogens (tertiary/aromatic N) is 1. The average molecular weight is 455 g/mol. The van der Waals surface area contributed by atoms with Gasteiger partial charge in [0.2, 0.25) is 0 Å². The Kier molecular flexibility index (Phi) is 5.46. The van der Waals surface area contributed by atoms with Crippen LogP contribution < -0.4 is 15.7 Å². The molecule has 7 heteroatoms. The number of anilines is 1. The van der Waals surface area contributed by atoms with Crippen molar-refractivity contribution >= 4 is 33.9 Å². The van der Waals surface area contributed by atoms with E-state index >= 15 is 0 Å². The molecule has 0 atom stereocenters. The zero-order valence-electron chi connectivity index (χ0n) is 17.6. The molecule has 1 amide bonds. The second-order valence-corrected chi connectivity index (χ2v) is 8.12. The summed E-state index contributed by atoms with van der Waals surface area (Å²) in [4.78, 5) is 29.8. The lowest BCUT2D eigenvalue weighted by Gasteiger charge is -2.07. The van der Waals surface area contributed by atoms with Crippen molar-refractivity contribution in [3.05, 3.63) is 100 Å². The summed E-state index contributed by atoms with van der Waals surface area (Å²) in [7, 11) is 1.49. The first-order valence-corrected chi connectivity index (χ1v) is 11.0. The SMILES string of the molecule is COc1cccc2cc(C(=O)Nc3ccc(-c4csc(-c5ccccc5)n4)cc3)c(=O)oc12. The maximum absolute atomic E-state index is 12.7. The maximum atomic E-state index is 12.7. The number of hydrogen-bond acceptors (Lipinski definition) is 6. The lowest BCUT2D eigenvalue weighted by molar-refractivity contribution is 0.102. The largest absolute Gasteiger partial charge is 0.493 e. The number of thiazole rings is 1. The zero-order valence-corrected chi connectivity index (χ0v) is 18.4. The van der Waals surface area contributed by atoms with Gasteiger partial charge in [0.25, 0.3) is 5.91 Å². The fourth-order valence-corrected chi connectivity index (χ4v) is 4.31. The highest BCUT2D eigenvalue weighted by molar-refractivity contribution is 7.13. The van der Waals surface area contributed by atoms with Crippen LogP contribution in [0.15, 0.2) is 93.5 Å². The predicted octanol–water partition coefficient (Wildman–Crippen LogP) is 5.84. The van der Waals surface area contributed by atoms with Crippen molar-refractivity contribution in [3.63, 3.8) is 0 Å². The summed E-state index contributed by atoms with van der Waals surface area (Å²) in [6.07, 6.45) is 0. The molecule has 2 heterocycles. The van der Waals surface area contributed by atoms with Crippen LogP contribution in [0.4, 0.5) is 5.69 Å². The van der Waals surface area contributed by atoms with E-state index in [1.54, 1.807) is 41.7 Å². The summed E-state index contributed by atoms with van der Waals surface area (Å²) in [5, 5.41) is 6.31. The molecule has 0 bridgehead atoms. The molecule has 0 fully saturated rings. The van der Waals surface area contributed by atoms with Crippen molar-refractivity contribution in [3.8, 4) is 27.6 Å². The molecule has 0 aliphatic rings. The predicted molar refractivity (Wildman–Crippen MR) is 130 cm³/mol. The average Bonchev–Trinajstić information content (AvgIpc) is 3.34. The number of benzene rings is 3. The maximum Gasteiger partial charge on any atom is 0.349 e. The Balaban J connectivity index is 1.36. The van der Waals surface area contributed by atoms with E-state index in [-0.39, 0.29) is 5.56 Å². The molecule has 162 valence electrons. The van der Waals surface area contributed by atoms with E-state index in [1.807, 2.05) is 47.8 Å². The van der Waals surface area contributed by atoms with Crippen molar-refractivity contribution in [2.24, 2.45) is 0 Å². The Morgan fingerprint density at radius 1 is 0.970 bits per heavy atom. The van der Waals surface area contributed by atoms with Gasteiger partial charge in [-0.2, -0.15) is 0 Å². The molecule has 0 aliphatic carbocycles. The summed E-state index contributed by atoms with van der Waals surface area (Å²) in [5.41, 5.74) is 2.94. The number of carbonyl (C=O) groups excluding carboxylic acids is 1. The molecule has 33 heavy (non-hydrogen) atoms. The zero-order chi connectivity index (χ0) is 22.8. The summed E-state index contributed by atoms with van der Waals surface area (Å²) >= 11 is 1.58. The van der Waals surface area contributed by atoms with E-state index in [4.69, 9.17) is 14.1 Å². The van der Waals surface area contributed by atoms with Crippen molar-refractivity contribution in [2.45, 2.75) is 0 Å². The topological polar surface area (TPSA) is 81.4 Å². The van der Waals surface area contributed by atoms with E-state index in [1.165, 1.54) is 13.2 Å². The van der Waals surface area contributed by atoms with Crippen molar-refractivity contribution in [1.29, 1.82) is 0 Å². The highest BCUT2D eigenvalue weighted by atomic mass is 32.1. The Labute approximate surface area is 193 Å². The number of methoxy groups -OCH3 is 1. The number of aromatic nitrogens is 1. The second-order valence-electron chi connectivity index (χ2n) is 7.26. The third-order valence-corrected chi connectivity index (χ3v) is 6.04. The van der Waals surface area contributed by atoms with Gasteiger partial charge in [0.15, 0.2) is 11.3 Å². The van der Waals surface area contributed by atoms with Crippen LogP contribution >= 0.6 is 11.3 Å². The number of carbonyl (C=O) groups is 1. The normalized spacial score (nSPS) is 10.8. The van der Waals surface area contributed by atoms with E-state index in [0.29, 0.717) is 22.4 Å². The quantitative estimate of drug-likeness (QED) is 0.337. The number of rotatable bonds is 5. The fourth-order valence-electron chi connectivity index (χ4n) is 3.48. The molecule has 5 aromatic rings. The first kappa shape index (κ1) is 20.7. The molecule has 1 N–H and O–H groups in total. The minimum atomic E-state index is -0.725. The van der Waals surface area contributed by atoms with Gasteiger partial charge in [-0.15, -0.1) is 11.3 Å². The standard InChI is InChI=1S/C26H18N2O4S/c1-31-22-9-5-8-18-14-20(26(30)32-23(18)22)24(29)27-19-12-10-16(11-13-19)21-15-33-25(28-21)17-6-3-2-4-7-17/h2-15H,1H3,(H,27,29). The van der Waals surface area contributed by atoms with Crippen molar-refractivity contribution in [2.75, 3.05) is 12.4 Å². The van der Waals surface area contributed by atoms with Crippen LogP contribution in [0.2, 0.25) is 0 Å². The van der Waals surface area contributed by atoms with Gasteiger partial charge in [-0.1, -0.05) is 54.6 Å². The van der Waals surface area contributed by atoms with Crippen LogP contribution in [0.5, 0.6) is 5.75 Å². The molecule has 0 radical (unpaired) electrons. The first-order valence-electron chi connectivity index (χ1n) is 10.2. The van der Waals surface area contributed by atoms with Gasteiger partial charge >= 0.3 is 5.63 Å². The summed E-state index contributed by atoms with van der Waals surface area (Å²) in [6, 6.07) is 24.0. The summed E-state index contributed by atoms with van der Waals surface area (Å²) < 4.78 is 10.6. The van der Waals surface area contributed by atoms with E-state index in [2.05, 4.69) is 5.32 Å². The minimum Gasteiger partial charge on any atom is -0.493 e. The van der Waals surface area contributed by atoms with Gasteiger partial charge in [0, 0.05) is 27.6 Å². The number of nitrogens with one attached hydrogen (secondary N) is 1. The van der Waals surface area contributed by atoms with Crippen LogP contribution in [-0.4, -0.2) is 18.0 Å². The lowest BCUT2D eigenvalue weighted by atomic mass is 10.1. The number of amides is 1. The van der Waals surface area contributed by atoms with Crippen LogP contribution in [0.1, 0.15) is 10.4 Å². The summed E-state index contributed by atoms with van der Waals surface area (Å²) in [6.45, 7) is 0. The first-order chi connectivity index (χ1) is 16.1. The highest BCUT2D eigenvalue weighted by Gasteiger charge is 2.16. The molecule has 2 aromatic heterocycles. The number of fused-ring (bicyclic) bond motifs is 1. The molecule has 6 nitrogen and oxygen atoms in total. The van der Waals surface area contributed by atoms with Gasteiger partial charge in [-0.25, -0.2) is 9.78 Å². The molecule has 5 rings (SSSR count). The van der Waals surface area contributed by atoms with Crippen molar-refractivity contribution < 1.29 is 13.9 Å². The Morgan fingerprint density at radius 2 is 1.76 bits per heavy atom. The molecule has 0 spiro atoms. The fraction of sp³-hybridized carbons (Fsp3) is 0.0385. The Morgan fingerprint density at radius 3 is 2.52 bits per heavy atom. The molecule has 0 saturated heterocycles. The van der Waals surface area contributed by atoms with Gasteiger partial charge in [-0.05, 0) is 24.3 Å². The number of hydrogen-bond donors (Lipinski definition) is 1. The monoisotopic (exact) mass is 454 g/mol. The molecule has 3 aromatic carbocycles. The lowest BCUT2D eigenvalue weighted by Crippen LogP contribution is -2.20. The molecule has 0 saturated carbocycles. The third-order valence-electron chi connectivity index (χ3n) is 5.15. The van der Waals surface area contributed by atoms with Crippen LogP contribution in [0, 0.1) is 0 Å². The van der Waals surface area contributed by atoms with Crippen molar-refractivity contribution in [1.82, 2.24) is 4.98 Å². The van der Waals surface area contributed by atoms with Gasteiger partial charge in [0.1, 0.15) is 10.6 Å². The van der Waals surface area contributed by atoms with Crippen LogP contribution in [0.25, 0.3) is 32.8 Å². The smallest absolute Gasteiger partial charge is 0.349 e. The summed E-state index contributed by atoms with van der Waals surface area (Å²) in [5.74, 6) is -0.106. The van der Waals surface area contributed by atoms with Gasteiger partial charge in [-0.3, -0.25) is 4.79 Å². The molecular formula is C26H18N2O4S. The number of ether oxygens (including phenoxy) is 1. The number of para-hydroxylation sites is 1. The molecular weight excluding hydrogens is 436 g/mol. The van der Waals surface area contributed by atoms with E-state index in [9.17, 15) is 9.59 Å². The van der Waals surface area contributed by atoms with E-state index in [0.717, 1.165) is 21.8 Å². The van der Waals surface area contributed by atoms with Crippen LogP contribution in [0.3, 0.4) is 0 Å². The van der Waals surface area contributed by atoms with E-state index < -0.39 is 11.5 Å². The molecule has 0 aliphatic heterocycles. The van der Waals surface area contributed by atoms with Crippen LogP contribution in [-0.2, 0) is 0 Å². The minimum absolute atomic E-state index is 0.0770. The van der Waals surface area contributed by atoms with Gasteiger partial charge < -0.3 is 14.5 Å². The molecule has 0 unspecified atom stereocenters. The second kappa shape index (κ2) is 8.72. The Bertz CT molecular complexity index is 1510. The highest BCUT2D eigenvalue weighted by Crippen LogP contribution is 2.29. The Hall–Kier alpha value is -4.23. The van der Waals surface area contributed by atoms with Gasteiger partial charge in [0.05, 0.1) is 12.8 Å². The third kappa shape index (κ3) is 4.14.